The van der Waals surface area contributed by atoms with E-state index in [-0.39, 0.29) is 29.4 Å². The summed E-state index contributed by atoms with van der Waals surface area (Å²) >= 11 is 0. The van der Waals surface area contributed by atoms with Gasteiger partial charge in [-0.05, 0) is 25.1 Å². The van der Waals surface area contributed by atoms with E-state index >= 15 is 0 Å². The first kappa shape index (κ1) is 12.6. The van der Waals surface area contributed by atoms with Gasteiger partial charge >= 0.3 is 6.18 Å². The minimum absolute atomic E-state index is 0.0171. The van der Waals surface area contributed by atoms with Crippen molar-refractivity contribution in [2.24, 2.45) is 0 Å². The molecule has 0 aliphatic rings. The van der Waals surface area contributed by atoms with Crippen molar-refractivity contribution >= 4 is 0 Å². The van der Waals surface area contributed by atoms with Crippen LogP contribution in [-0.4, -0.2) is 19.6 Å². The molecule has 0 saturated carbocycles. The Hall–Kier alpha value is -2.83. The molecule has 0 spiro atoms. The van der Waals surface area contributed by atoms with Crippen LogP contribution in [0.4, 0.5) is 13.2 Å². The highest BCUT2D eigenvalue weighted by molar-refractivity contribution is 5.55. The summed E-state index contributed by atoms with van der Waals surface area (Å²) in [5, 5.41) is 9.98. The Kier molecular flexibility index (Phi) is 3.14. The summed E-state index contributed by atoms with van der Waals surface area (Å²) in [5.41, 5.74) is -0.474. The van der Waals surface area contributed by atoms with Crippen molar-refractivity contribution in [3.63, 3.8) is 0 Å². The molecule has 7 heteroatoms. The summed E-state index contributed by atoms with van der Waals surface area (Å²) in [7, 11) is 0. The summed E-state index contributed by atoms with van der Waals surface area (Å²) in [5.74, 6) is 0.116. The number of phenolic OH excluding ortho intramolecular Hbond substituents is 1. The Labute approximate surface area is 140 Å². The van der Waals surface area contributed by atoms with E-state index in [1.165, 1.54) is 16.7 Å². The number of pyridine rings is 1. The maximum atomic E-state index is 12.7. The topological polar surface area (TPSA) is 50.9 Å². The van der Waals surface area contributed by atoms with Gasteiger partial charge < -0.3 is 9.67 Å². The first-order chi connectivity index (χ1) is 12.6. The molecule has 0 radical (unpaired) electrons. The third kappa shape index (κ3) is 3.10. The molecular formula is C17H14F3N3O. The molecule has 0 saturated heterocycles. The van der Waals surface area contributed by atoms with Crippen LogP contribution in [0.1, 0.15) is 21.1 Å². The number of alkyl halides is 3. The average molecular weight is 336 g/mol. The quantitative estimate of drug-likeness (QED) is 0.786. The summed E-state index contributed by atoms with van der Waals surface area (Å²) in [6.07, 6.45) is -2.43. The van der Waals surface area contributed by atoms with E-state index in [1.807, 2.05) is 0 Å². The van der Waals surface area contributed by atoms with Crippen molar-refractivity contribution in [3.8, 4) is 17.1 Å². The van der Waals surface area contributed by atoms with Crippen molar-refractivity contribution in [2.45, 2.75) is 19.6 Å². The zero-order valence-corrected chi connectivity index (χ0v) is 12.2. The zero-order chi connectivity index (χ0) is 19.8. The molecule has 124 valence electrons. The second-order valence-electron chi connectivity index (χ2n) is 5.11. The van der Waals surface area contributed by atoms with Crippen molar-refractivity contribution in [1.82, 2.24) is 14.5 Å². The van der Waals surface area contributed by atoms with Gasteiger partial charge in [-0.1, -0.05) is 18.2 Å². The van der Waals surface area contributed by atoms with Crippen molar-refractivity contribution in [3.05, 3.63) is 65.7 Å². The van der Waals surface area contributed by atoms with E-state index in [0.29, 0.717) is 5.56 Å². The molecule has 3 aromatic rings. The van der Waals surface area contributed by atoms with Crippen LogP contribution in [0.15, 0.2) is 48.8 Å². The zero-order valence-electron chi connectivity index (χ0n) is 15.2. The maximum Gasteiger partial charge on any atom is 0.433 e. The van der Waals surface area contributed by atoms with E-state index in [4.69, 9.17) is 4.11 Å². The highest BCUT2D eigenvalue weighted by Crippen LogP contribution is 2.29. The van der Waals surface area contributed by atoms with Crippen LogP contribution < -0.4 is 0 Å². The molecule has 0 aliphatic carbocycles. The van der Waals surface area contributed by atoms with E-state index in [9.17, 15) is 18.3 Å². The molecule has 2 aromatic heterocycles. The third-order valence-corrected chi connectivity index (χ3v) is 3.49. The van der Waals surface area contributed by atoms with Crippen LogP contribution >= 0.6 is 0 Å². The number of hydrogen-bond acceptors (Lipinski definition) is 3. The number of aryl methyl sites for hydroxylation is 1. The fraction of sp³-hybridized carbons (Fsp3) is 0.176. The lowest BCUT2D eigenvalue weighted by molar-refractivity contribution is -0.141. The molecule has 0 bridgehead atoms. The number of nitrogens with zero attached hydrogens (tertiary/aromatic N) is 3. The summed E-state index contributed by atoms with van der Waals surface area (Å²) in [6.45, 7) is -2.51. The Morgan fingerprint density at radius 3 is 2.54 bits per heavy atom. The van der Waals surface area contributed by atoms with Gasteiger partial charge in [-0.15, -0.1) is 0 Å². The summed E-state index contributed by atoms with van der Waals surface area (Å²) in [4.78, 5) is 7.47. The second-order valence-corrected chi connectivity index (χ2v) is 5.11. The predicted octanol–water partition coefficient (Wildman–Crippen LogP) is 4.03. The first-order valence-electron chi connectivity index (χ1n) is 8.44. The number of aromatic nitrogens is 3. The number of phenols is 1. The molecule has 3 rings (SSSR count). The molecule has 0 unspecified atom stereocenters. The highest BCUT2D eigenvalue weighted by Gasteiger charge is 2.32. The van der Waals surface area contributed by atoms with E-state index < -0.39 is 18.7 Å². The smallest absolute Gasteiger partial charge is 0.433 e. The third-order valence-electron chi connectivity index (χ3n) is 3.49. The standard InChI is InChI=1S/C17H14F3N3O/c1-11-8-22-16(12-6-7-15(21-9-12)17(18,19)20)23(11)10-13-4-2-3-5-14(13)24/h2-9,24H,10H2,1H3/i1D3. The molecule has 2 heterocycles. The number of rotatable bonds is 3. The largest absolute Gasteiger partial charge is 0.508 e. The van der Waals surface area contributed by atoms with Crippen molar-refractivity contribution < 1.29 is 22.4 Å². The maximum absolute atomic E-state index is 12.7. The first-order valence-corrected chi connectivity index (χ1v) is 6.94. The SMILES string of the molecule is [2H]C([2H])([2H])c1cnc(-c2ccc(C(F)(F)F)nc2)n1Cc1ccccc1O. The van der Waals surface area contributed by atoms with Crippen LogP contribution in [0.2, 0.25) is 0 Å². The molecule has 24 heavy (non-hydrogen) atoms. The van der Waals surface area contributed by atoms with Crippen LogP contribution in [0, 0.1) is 6.85 Å². The van der Waals surface area contributed by atoms with Crippen LogP contribution in [0.3, 0.4) is 0 Å². The van der Waals surface area contributed by atoms with Crippen LogP contribution in [0.5, 0.6) is 5.75 Å². The van der Waals surface area contributed by atoms with E-state index in [0.717, 1.165) is 18.5 Å². The lowest BCUT2D eigenvalue weighted by Gasteiger charge is -2.12. The van der Waals surface area contributed by atoms with Gasteiger partial charge in [-0.3, -0.25) is 4.98 Å². The molecule has 0 aliphatic heterocycles. The van der Waals surface area contributed by atoms with Crippen LogP contribution in [-0.2, 0) is 12.7 Å². The number of imidazole rings is 1. The van der Waals surface area contributed by atoms with Crippen LogP contribution in [0.25, 0.3) is 11.4 Å². The minimum Gasteiger partial charge on any atom is -0.508 e. The fourth-order valence-corrected chi connectivity index (χ4v) is 2.27. The second kappa shape index (κ2) is 5.99. The fourth-order valence-electron chi connectivity index (χ4n) is 2.27. The van der Waals surface area contributed by atoms with Gasteiger partial charge in [0.15, 0.2) is 0 Å². The highest BCUT2D eigenvalue weighted by atomic mass is 19.4. The summed E-state index contributed by atoms with van der Waals surface area (Å²) < 4.78 is 62.5. The predicted molar refractivity (Wildman–Crippen MR) is 82.4 cm³/mol. The molecule has 0 atom stereocenters. The van der Waals surface area contributed by atoms with Crippen molar-refractivity contribution in [1.29, 1.82) is 0 Å². The molecule has 0 amide bonds. The lowest BCUT2D eigenvalue weighted by Crippen LogP contribution is -2.08. The Morgan fingerprint density at radius 2 is 1.92 bits per heavy atom. The number of halogens is 3. The van der Waals surface area contributed by atoms with Gasteiger partial charge in [0, 0.05) is 33.3 Å². The number of para-hydroxylation sites is 1. The Morgan fingerprint density at radius 1 is 1.12 bits per heavy atom. The summed E-state index contributed by atoms with van der Waals surface area (Å²) in [6, 6.07) is 8.37. The molecular weight excluding hydrogens is 319 g/mol. The molecule has 1 N–H and O–H groups in total. The van der Waals surface area contributed by atoms with E-state index in [2.05, 4.69) is 9.97 Å². The Bertz CT molecular complexity index is 951. The number of aromatic hydroxyl groups is 1. The monoisotopic (exact) mass is 336 g/mol. The van der Waals surface area contributed by atoms with Gasteiger partial charge in [-0.25, -0.2) is 4.98 Å². The van der Waals surface area contributed by atoms with Crippen molar-refractivity contribution in [2.75, 3.05) is 0 Å². The normalized spacial score (nSPS) is 14.0. The van der Waals surface area contributed by atoms with Gasteiger partial charge in [0.1, 0.15) is 17.3 Å². The van der Waals surface area contributed by atoms with Gasteiger partial charge in [-0.2, -0.15) is 13.2 Å². The molecule has 0 fully saturated rings. The number of hydrogen-bond donors (Lipinski definition) is 1. The molecule has 4 nitrogen and oxygen atoms in total. The minimum atomic E-state index is -4.58. The average Bonchev–Trinajstić information content (AvgIpc) is 3.00. The molecule has 1 aromatic carbocycles. The number of benzene rings is 1. The van der Waals surface area contributed by atoms with Gasteiger partial charge in [0.25, 0.3) is 0 Å². The van der Waals surface area contributed by atoms with Gasteiger partial charge in [0.05, 0.1) is 6.54 Å². The van der Waals surface area contributed by atoms with E-state index in [1.54, 1.807) is 18.2 Å². The van der Waals surface area contributed by atoms with Gasteiger partial charge in [0.2, 0.25) is 0 Å². The Balaban J connectivity index is 2.08. The lowest BCUT2D eigenvalue weighted by atomic mass is 10.2.